The number of anilines is 1. The van der Waals surface area contributed by atoms with Crippen molar-refractivity contribution >= 4 is 27.4 Å². The first-order valence-corrected chi connectivity index (χ1v) is 7.73. The number of Topliss-reactive ketones (excluding diaryl/α,β-unsaturated/α-hetero) is 1. The van der Waals surface area contributed by atoms with Crippen LogP contribution in [0.5, 0.6) is 17.2 Å². The highest BCUT2D eigenvalue weighted by atomic mass is 79.9. The third-order valence-corrected chi connectivity index (χ3v) is 3.90. The van der Waals surface area contributed by atoms with Gasteiger partial charge in [-0.15, -0.1) is 0 Å². The highest BCUT2D eigenvalue weighted by Crippen LogP contribution is 2.33. The summed E-state index contributed by atoms with van der Waals surface area (Å²) in [4.78, 5) is 12.7. The van der Waals surface area contributed by atoms with Crippen LogP contribution in [0.25, 0.3) is 0 Å². The van der Waals surface area contributed by atoms with Crippen molar-refractivity contribution in [1.82, 2.24) is 0 Å². The van der Waals surface area contributed by atoms with Gasteiger partial charge in [-0.05, 0) is 47.1 Å². The molecule has 2 aromatic carbocycles. The molecule has 0 radical (unpaired) electrons. The van der Waals surface area contributed by atoms with Crippen LogP contribution in [0.15, 0.2) is 40.9 Å². The minimum atomic E-state index is -0.698. The maximum atomic E-state index is 12.7. The number of rotatable bonds is 6. The molecule has 5 nitrogen and oxygen atoms in total. The summed E-state index contributed by atoms with van der Waals surface area (Å²) in [7, 11) is 3.04. The van der Waals surface area contributed by atoms with E-state index < -0.39 is 6.10 Å². The predicted molar refractivity (Wildman–Crippen MR) is 92.5 cm³/mol. The van der Waals surface area contributed by atoms with Crippen LogP contribution in [0.4, 0.5) is 5.69 Å². The van der Waals surface area contributed by atoms with Crippen LogP contribution in [0.3, 0.4) is 0 Å². The molecular weight excluding hydrogens is 362 g/mol. The molecule has 0 aliphatic rings. The summed E-state index contributed by atoms with van der Waals surface area (Å²) in [5.74, 6) is 1.32. The molecule has 2 N–H and O–H groups in total. The van der Waals surface area contributed by atoms with E-state index in [-0.39, 0.29) is 5.78 Å². The van der Waals surface area contributed by atoms with Crippen molar-refractivity contribution in [1.29, 1.82) is 0 Å². The number of nitrogen functional groups attached to an aromatic ring is 1. The van der Waals surface area contributed by atoms with Crippen LogP contribution in [0.1, 0.15) is 17.3 Å². The number of hydrogen-bond acceptors (Lipinski definition) is 5. The quantitative estimate of drug-likeness (QED) is 0.611. The first kappa shape index (κ1) is 17.1. The van der Waals surface area contributed by atoms with Crippen LogP contribution in [-0.4, -0.2) is 26.1 Å². The monoisotopic (exact) mass is 379 g/mol. The molecule has 0 fully saturated rings. The molecule has 0 bridgehead atoms. The number of halogens is 1. The van der Waals surface area contributed by atoms with Gasteiger partial charge >= 0.3 is 0 Å². The second-order valence-electron chi connectivity index (χ2n) is 4.88. The minimum Gasteiger partial charge on any atom is -0.496 e. The molecule has 122 valence electrons. The highest BCUT2D eigenvalue weighted by Gasteiger charge is 2.23. The molecule has 2 aromatic rings. The second-order valence-corrected chi connectivity index (χ2v) is 5.74. The van der Waals surface area contributed by atoms with E-state index >= 15 is 0 Å². The van der Waals surface area contributed by atoms with Gasteiger partial charge in [0.15, 0.2) is 6.10 Å². The first-order valence-electron chi connectivity index (χ1n) is 6.94. The Hall–Kier alpha value is -2.21. The lowest BCUT2D eigenvalue weighted by Gasteiger charge is -2.17. The van der Waals surface area contributed by atoms with Gasteiger partial charge in [-0.3, -0.25) is 4.79 Å². The van der Waals surface area contributed by atoms with Crippen molar-refractivity contribution in [2.45, 2.75) is 13.0 Å². The average molecular weight is 380 g/mol. The number of ether oxygens (including phenoxy) is 3. The first-order chi connectivity index (χ1) is 11.0. The summed E-state index contributed by atoms with van der Waals surface area (Å²) in [5.41, 5.74) is 6.68. The summed E-state index contributed by atoms with van der Waals surface area (Å²) in [6, 6.07) is 10.3. The Balaban J connectivity index is 2.28. The number of methoxy groups -OCH3 is 2. The van der Waals surface area contributed by atoms with Crippen LogP contribution < -0.4 is 19.9 Å². The van der Waals surface area contributed by atoms with E-state index in [2.05, 4.69) is 15.9 Å². The van der Waals surface area contributed by atoms with E-state index in [9.17, 15) is 4.79 Å². The molecule has 1 atom stereocenters. The lowest BCUT2D eigenvalue weighted by molar-refractivity contribution is 0.0814. The average Bonchev–Trinajstić information content (AvgIpc) is 2.53. The topological polar surface area (TPSA) is 70.8 Å². The molecule has 0 heterocycles. The molecule has 6 heteroatoms. The fourth-order valence-corrected chi connectivity index (χ4v) is 2.60. The van der Waals surface area contributed by atoms with E-state index in [1.807, 2.05) is 0 Å². The third-order valence-electron chi connectivity index (χ3n) is 3.28. The maximum absolute atomic E-state index is 12.7. The van der Waals surface area contributed by atoms with E-state index in [0.29, 0.717) is 33.0 Å². The molecule has 0 aliphatic carbocycles. The molecule has 0 saturated carbocycles. The van der Waals surface area contributed by atoms with Crippen molar-refractivity contribution in [3.63, 3.8) is 0 Å². The number of ketones is 1. The molecule has 0 amide bonds. The Morgan fingerprint density at radius 1 is 1.13 bits per heavy atom. The number of nitrogens with two attached hydrogens (primary N) is 1. The molecule has 0 aliphatic heterocycles. The minimum absolute atomic E-state index is 0.213. The number of hydrogen-bond donors (Lipinski definition) is 1. The molecule has 0 aromatic heterocycles. The molecule has 1 unspecified atom stereocenters. The van der Waals surface area contributed by atoms with E-state index in [4.69, 9.17) is 19.9 Å². The van der Waals surface area contributed by atoms with Gasteiger partial charge < -0.3 is 19.9 Å². The van der Waals surface area contributed by atoms with E-state index in [0.717, 1.165) is 0 Å². The zero-order valence-electron chi connectivity index (χ0n) is 13.1. The number of carbonyl (C=O) groups is 1. The van der Waals surface area contributed by atoms with Gasteiger partial charge in [0, 0.05) is 11.8 Å². The second kappa shape index (κ2) is 7.37. The van der Waals surface area contributed by atoms with E-state index in [1.165, 1.54) is 14.2 Å². The van der Waals surface area contributed by atoms with Gasteiger partial charge in [0.1, 0.15) is 17.2 Å². The predicted octanol–water partition coefficient (Wildman–Crippen LogP) is 3.70. The largest absolute Gasteiger partial charge is 0.496 e. The van der Waals surface area contributed by atoms with Gasteiger partial charge in [0.25, 0.3) is 0 Å². The van der Waals surface area contributed by atoms with Gasteiger partial charge in [0.05, 0.1) is 24.3 Å². The molecule has 0 saturated heterocycles. The molecule has 0 spiro atoms. The van der Waals surface area contributed by atoms with Gasteiger partial charge in [-0.2, -0.15) is 0 Å². The van der Waals surface area contributed by atoms with Crippen LogP contribution in [0, 0.1) is 0 Å². The molecule has 23 heavy (non-hydrogen) atoms. The van der Waals surface area contributed by atoms with Crippen molar-refractivity contribution in [2.24, 2.45) is 0 Å². The van der Waals surface area contributed by atoms with Crippen LogP contribution >= 0.6 is 15.9 Å². The number of benzene rings is 2. The smallest absolute Gasteiger partial charge is 0.206 e. The fraction of sp³-hybridized carbons (Fsp3) is 0.235. The molecule has 2 rings (SSSR count). The Labute approximate surface area is 143 Å². The SMILES string of the molecule is COc1cc(C(=O)C(C)Oc2cccc(N)c2)c(OC)cc1Br. The lowest BCUT2D eigenvalue weighted by Crippen LogP contribution is -2.24. The summed E-state index contributed by atoms with van der Waals surface area (Å²) in [6.07, 6.45) is -0.698. The highest BCUT2D eigenvalue weighted by molar-refractivity contribution is 9.10. The molecular formula is C17H18BrNO4. The zero-order chi connectivity index (χ0) is 17.0. The van der Waals surface area contributed by atoms with Crippen molar-refractivity contribution < 1.29 is 19.0 Å². The standard InChI is InChI=1S/C17H18BrNO4/c1-10(23-12-6-4-5-11(19)7-12)17(20)13-8-16(22-3)14(18)9-15(13)21-2/h4-10H,19H2,1-3H3. The number of carbonyl (C=O) groups excluding carboxylic acids is 1. The Morgan fingerprint density at radius 2 is 1.83 bits per heavy atom. The van der Waals surface area contributed by atoms with Crippen LogP contribution in [0.2, 0.25) is 0 Å². The van der Waals surface area contributed by atoms with Gasteiger partial charge in [-0.1, -0.05) is 6.07 Å². The zero-order valence-corrected chi connectivity index (χ0v) is 14.7. The maximum Gasteiger partial charge on any atom is 0.206 e. The normalized spacial score (nSPS) is 11.7. The van der Waals surface area contributed by atoms with Gasteiger partial charge in [0.2, 0.25) is 5.78 Å². The van der Waals surface area contributed by atoms with Crippen molar-refractivity contribution in [3.05, 3.63) is 46.4 Å². The Bertz CT molecular complexity index is 718. The summed E-state index contributed by atoms with van der Waals surface area (Å²) >= 11 is 3.37. The summed E-state index contributed by atoms with van der Waals surface area (Å²) in [5, 5.41) is 0. The lowest BCUT2D eigenvalue weighted by atomic mass is 10.1. The van der Waals surface area contributed by atoms with Crippen LogP contribution in [-0.2, 0) is 0 Å². The van der Waals surface area contributed by atoms with Crippen molar-refractivity contribution in [3.8, 4) is 17.2 Å². The Kier molecular flexibility index (Phi) is 5.50. The third kappa shape index (κ3) is 3.96. The van der Waals surface area contributed by atoms with Gasteiger partial charge in [-0.25, -0.2) is 0 Å². The summed E-state index contributed by atoms with van der Waals surface area (Å²) in [6.45, 7) is 1.68. The van der Waals surface area contributed by atoms with Crippen molar-refractivity contribution in [2.75, 3.05) is 20.0 Å². The summed E-state index contributed by atoms with van der Waals surface area (Å²) < 4.78 is 16.9. The Morgan fingerprint density at radius 3 is 2.43 bits per heavy atom. The van der Waals surface area contributed by atoms with E-state index in [1.54, 1.807) is 43.3 Å². The fourth-order valence-electron chi connectivity index (χ4n) is 2.12.